The Bertz CT molecular complexity index is 1660. The highest BCUT2D eigenvalue weighted by atomic mass is 32.1. The molecule has 3 heterocycles. The van der Waals surface area contributed by atoms with Gasteiger partial charge in [0.15, 0.2) is 4.80 Å². The van der Waals surface area contributed by atoms with Crippen LogP contribution in [0.1, 0.15) is 35.6 Å². The topological polar surface area (TPSA) is 77.0 Å². The normalized spacial score (nSPS) is 15.4. The first-order chi connectivity index (χ1) is 17.9. The van der Waals surface area contributed by atoms with Gasteiger partial charge in [-0.15, -0.1) is 0 Å². The van der Waals surface area contributed by atoms with Gasteiger partial charge in [-0.05, 0) is 49.8 Å². The van der Waals surface area contributed by atoms with Crippen molar-refractivity contribution in [2.24, 2.45) is 4.99 Å². The molecular formula is C29H27N3O4S. The number of hydrogen-bond donors (Lipinski definition) is 0. The van der Waals surface area contributed by atoms with Gasteiger partial charge in [-0.2, -0.15) is 0 Å². The molecule has 2 aromatic heterocycles. The van der Waals surface area contributed by atoms with Crippen LogP contribution in [0.5, 0.6) is 0 Å². The molecule has 7 nitrogen and oxygen atoms in total. The van der Waals surface area contributed by atoms with E-state index in [0.29, 0.717) is 26.6 Å². The molecule has 0 bridgehead atoms. The van der Waals surface area contributed by atoms with Crippen molar-refractivity contribution in [3.8, 4) is 0 Å². The summed E-state index contributed by atoms with van der Waals surface area (Å²) in [5.74, 6) is 0.629. The molecule has 0 aliphatic carbocycles. The fraction of sp³-hybridized carbons (Fsp3) is 0.207. The average Bonchev–Trinajstić information content (AvgIpc) is 3.46. The van der Waals surface area contributed by atoms with Gasteiger partial charge in [0, 0.05) is 25.3 Å². The number of aryl methyl sites for hydroxylation is 1. The first kappa shape index (κ1) is 24.5. The summed E-state index contributed by atoms with van der Waals surface area (Å²) in [6.45, 7) is 3.78. The lowest BCUT2D eigenvalue weighted by molar-refractivity contribution is -0.139. The predicted octanol–water partition coefficient (Wildman–Crippen LogP) is 3.90. The van der Waals surface area contributed by atoms with Crippen LogP contribution in [0, 0.1) is 6.92 Å². The van der Waals surface area contributed by atoms with Gasteiger partial charge in [-0.3, -0.25) is 9.36 Å². The van der Waals surface area contributed by atoms with Crippen molar-refractivity contribution in [2.75, 3.05) is 25.6 Å². The molecule has 0 saturated carbocycles. The summed E-state index contributed by atoms with van der Waals surface area (Å²) in [6.07, 6.45) is 1.85. The van der Waals surface area contributed by atoms with Crippen LogP contribution < -0.4 is 19.8 Å². The third kappa shape index (κ3) is 4.68. The Kier molecular flexibility index (Phi) is 6.67. The number of furan rings is 1. The van der Waals surface area contributed by atoms with E-state index in [1.54, 1.807) is 17.6 Å². The first-order valence-corrected chi connectivity index (χ1v) is 12.8. The number of hydrogen-bond acceptors (Lipinski definition) is 7. The van der Waals surface area contributed by atoms with Crippen molar-refractivity contribution in [3.63, 3.8) is 0 Å². The lowest BCUT2D eigenvalue weighted by atomic mass is 9.97. The number of rotatable bonds is 6. The van der Waals surface area contributed by atoms with Crippen LogP contribution in [-0.4, -0.2) is 31.2 Å². The van der Waals surface area contributed by atoms with Gasteiger partial charge >= 0.3 is 5.97 Å². The first-order valence-electron chi connectivity index (χ1n) is 12.0. The van der Waals surface area contributed by atoms with E-state index in [1.165, 1.54) is 11.3 Å². The number of aromatic nitrogens is 1. The van der Waals surface area contributed by atoms with Crippen LogP contribution in [-0.2, 0) is 9.53 Å². The molecule has 2 aromatic carbocycles. The zero-order valence-corrected chi connectivity index (χ0v) is 21.9. The molecule has 188 valence electrons. The summed E-state index contributed by atoms with van der Waals surface area (Å²) >= 11 is 1.29. The van der Waals surface area contributed by atoms with E-state index < -0.39 is 12.0 Å². The maximum Gasteiger partial charge on any atom is 0.338 e. The van der Waals surface area contributed by atoms with Crippen LogP contribution in [0.2, 0.25) is 0 Å². The van der Waals surface area contributed by atoms with Gasteiger partial charge in [0.2, 0.25) is 0 Å². The van der Waals surface area contributed by atoms with Gasteiger partial charge in [0.1, 0.15) is 17.6 Å². The second-order valence-corrected chi connectivity index (χ2v) is 9.87. The van der Waals surface area contributed by atoms with Crippen molar-refractivity contribution in [2.45, 2.75) is 19.9 Å². The molecule has 5 rings (SSSR count). The molecule has 4 aromatic rings. The molecular weight excluding hydrogens is 486 g/mol. The van der Waals surface area contributed by atoms with E-state index in [0.717, 1.165) is 16.8 Å². The van der Waals surface area contributed by atoms with Crippen LogP contribution in [0.25, 0.3) is 11.8 Å². The van der Waals surface area contributed by atoms with E-state index in [1.807, 2.05) is 92.7 Å². The van der Waals surface area contributed by atoms with Crippen molar-refractivity contribution in [1.82, 2.24) is 4.57 Å². The van der Waals surface area contributed by atoms with Crippen LogP contribution >= 0.6 is 11.3 Å². The summed E-state index contributed by atoms with van der Waals surface area (Å²) in [5, 5.41) is 0. The van der Waals surface area contributed by atoms with E-state index >= 15 is 0 Å². The molecule has 1 atom stereocenters. The predicted molar refractivity (Wildman–Crippen MR) is 145 cm³/mol. The summed E-state index contributed by atoms with van der Waals surface area (Å²) in [6, 6.07) is 20.2. The number of fused-ring (bicyclic) bond motifs is 1. The minimum absolute atomic E-state index is 0.196. The summed E-state index contributed by atoms with van der Waals surface area (Å²) < 4.78 is 13.5. The van der Waals surface area contributed by atoms with Crippen molar-refractivity contribution >= 4 is 34.8 Å². The standard InChI is InChI=1S/C29H27N3O4S/c1-5-35-28(34)24-25(20-9-7-6-8-10-20)30-29-32(26(24)22-16-11-18(2)36-22)27(33)23(37-29)17-19-12-14-21(15-13-19)31(3)4/h6-17,26H,5H2,1-4H3. The van der Waals surface area contributed by atoms with Crippen LogP contribution in [0.15, 0.2) is 86.5 Å². The summed E-state index contributed by atoms with van der Waals surface area (Å²) in [7, 11) is 3.96. The molecule has 0 saturated heterocycles. The monoisotopic (exact) mass is 513 g/mol. The number of ether oxygens (including phenoxy) is 1. The Balaban J connectivity index is 1.77. The number of carbonyl (C=O) groups excluding carboxylic acids is 1. The molecule has 0 spiro atoms. The minimum Gasteiger partial charge on any atom is -0.464 e. The van der Waals surface area contributed by atoms with Gasteiger partial charge < -0.3 is 14.1 Å². The zero-order valence-electron chi connectivity index (χ0n) is 21.1. The molecule has 0 fully saturated rings. The lowest BCUT2D eigenvalue weighted by Crippen LogP contribution is -2.39. The van der Waals surface area contributed by atoms with Crippen molar-refractivity contribution in [3.05, 3.63) is 115 Å². The Morgan fingerprint density at radius 2 is 1.84 bits per heavy atom. The quantitative estimate of drug-likeness (QED) is 0.366. The molecule has 0 amide bonds. The second kappa shape index (κ2) is 10.1. The number of esters is 1. The number of benzene rings is 2. The summed E-state index contributed by atoms with van der Waals surface area (Å²) in [4.78, 5) is 34.5. The van der Waals surface area contributed by atoms with Gasteiger partial charge in [0.05, 0.1) is 22.4 Å². The van der Waals surface area contributed by atoms with Crippen molar-refractivity contribution in [1.29, 1.82) is 0 Å². The van der Waals surface area contributed by atoms with Gasteiger partial charge in [-0.1, -0.05) is 53.8 Å². The fourth-order valence-corrected chi connectivity index (χ4v) is 5.33. The van der Waals surface area contributed by atoms with E-state index in [4.69, 9.17) is 14.1 Å². The Labute approximate surface area is 218 Å². The zero-order chi connectivity index (χ0) is 26.1. The number of anilines is 1. The third-order valence-corrected chi connectivity index (χ3v) is 7.09. The molecule has 1 unspecified atom stereocenters. The van der Waals surface area contributed by atoms with Crippen LogP contribution in [0.4, 0.5) is 5.69 Å². The SMILES string of the molecule is CCOC(=O)C1=C(c2ccccc2)N=c2sc(=Cc3ccc(N(C)C)cc3)c(=O)n2C1c1ccc(C)o1. The fourth-order valence-electron chi connectivity index (χ4n) is 4.33. The van der Waals surface area contributed by atoms with E-state index in [2.05, 4.69) is 0 Å². The number of carbonyl (C=O) groups is 1. The molecule has 1 aliphatic heterocycles. The maximum absolute atomic E-state index is 13.8. The molecule has 0 radical (unpaired) electrons. The van der Waals surface area contributed by atoms with Gasteiger partial charge in [0.25, 0.3) is 5.56 Å². The Morgan fingerprint density at radius 3 is 2.46 bits per heavy atom. The molecule has 0 N–H and O–H groups in total. The highest BCUT2D eigenvalue weighted by molar-refractivity contribution is 7.07. The third-order valence-electron chi connectivity index (χ3n) is 6.11. The van der Waals surface area contributed by atoms with E-state index in [9.17, 15) is 9.59 Å². The average molecular weight is 514 g/mol. The highest BCUT2D eigenvalue weighted by Crippen LogP contribution is 2.35. The molecule has 1 aliphatic rings. The smallest absolute Gasteiger partial charge is 0.338 e. The molecule has 8 heteroatoms. The second-order valence-electron chi connectivity index (χ2n) is 8.87. The van der Waals surface area contributed by atoms with Gasteiger partial charge in [-0.25, -0.2) is 9.79 Å². The van der Waals surface area contributed by atoms with Crippen molar-refractivity contribution < 1.29 is 13.9 Å². The number of nitrogens with zero attached hydrogens (tertiary/aromatic N) is 3. The maximum atomic E-state index is 13.8. The lowest BCUT2D eigenvalue weighted by Gasteiger charge is -2.24. The number of thiazole rings is 1. The van der Waals surface area contributed by atoms with E-state index in [-0.39, 0.29) is 17.7 Å². The largest absolute Gasteiger partial charge is 0.464 e. The summed E-state index contributed by atoms with van der Waals surface area (Å²) in [5.41, 5.74) is 3.23. The molecule has 37 heavy (non-hydrogen) atoms. The Hall–Kier alpha value is -4.17. The van der Waals surface area contributed by atoms with Crippen LogP contribution in [0.3, 0.4) is 0 Å². The Morgan fingerprint density at radius 1 is 1.11 bits per heavy atom. The minimum atomic E-state index is -0.808. The highest BCUT2D eigenvalue weighted by Gasteiger charge is 2.36.